The van der Waals surface area contributed by atoms with Crippen molar-refractivity contribution < 1.29 is 9.94 Å². The Morgan fingerprint density at radius 2 is 2.21 bits per heavy atom. The lowest BCUT2D eigenvalue weighted by Gasteiger charge is -2.26. The average Bonchev–Trinajstić information content (AvgIpc) is 2.45. The van der Waals surface area contributed by atoms with Crippen molar-refractivity contribution in [2.45, 2.75) is 0 Å². The zero-order chi connectivity index (χ0) is 13.5. The Labute approximate surface area is 125 Å². The first kappa shape index (κ1) is 14.8. The van der Waals surface area contributed by atoms with Crippen LogP contribution in [0.2, 0.25) is 0 Å². The highest BCUT2D eigenvalue weighted by atomic mass is 79.9. The number of oxime groups is 1. The van der Waals surface area contributed by atoms with Gasteiger partial charge in [0, 0.05) is 35.4 Å². The number of hydrogen-bond acceptors (Lipinski definition) is 5. The lowest BCUT2D eigenvalue weighted by atomic mass is 10.2. The van der Waals surface area contributed by atoms with Crippen LogP contribution >= 0.6 is 27.7 Å². The van der Waals surface area contributed by atoms with Gasteiger partial charge in [0.15, 0.2) is 0 Å². The summed E-state index contributed by atoms with van der Waals surface area (Å²) in [6.07, 6.45) is 0. The summed E-state index contributed by atoms with van der Waals surface area (Å²) in [5.41, 5.74) is 0.934. The van der Waals surface area contributed by atoms with Gasteiger partial charge in [-0.15, -0.1) is 11.8 Å². The van der Waals surface area contributed by atoms with E-state index in [1.807, 2.05) is 24.3 Å². The van der Waals surface area contributed by atoms with Gasteiger partial charge in [-0.3, -0.25) is 4.90 Å². The highest BCUT2D eigenvalue weighted by Gasteiger charge is 2.11. The van der Waals surface area contributed by atoms with E-state index in [0.29, 0.717) is 5.04 Å². The molecule has 1 aromatic rings. The number of ether oxygens (including phenoxy) is 1. The molecule has 0 aromatic heterocycles. The largest absolute Gasteiger partial charge is 0.410 e. The van der Waals surface area contributed by atoms with Gasteiger partial charge in [-0.2, -0.15) is 0 Å². The van der Waals surface area contributed by atoms with Crippen LogP contribution in [0.3, 0.4) is 0 Å². The minimum Gasteiger partial charge on any atom is -0.410 e. The fourth-order valence-corrected chi connectivity index (χ4v) is 3.18. The second kappa shape index (κ2) is 7.89. The zero-order valence-electron chi connectivity index (χ0n) is 10.6. The molecule has 0 aliphatic carbocycles. The maximum Gasteiger partial charge on any atom is 0.143 e. The molecule has 1 aliphatic heterocycles. The fraction of sp³-hybridized carbons (Fsp3) is 0.462. The molecule has 1 aromatic carbocycles. The SMILES string of the molecule is O/N=C(/SCCN1CCOCC1)c1cccc(Br)c1. The highest BCUT2D eigenvalue weighted by Crippen LogP contribution is 2.18. The van der Waals surface area contributed by atoms with Crippen LogP contribution in [0, 0.1) is 0 Å². The van der Waals surface area contributed by atoms with Crippen molar-refractivity contribution in [2.75, 3.05) is 38.6 Å². The molecule has 1 N–H and O–H groups in total. The first-order chi connectivity index (χ1) is 9.29. The molecule has 1 aliphatic rings. The Morgan fingerprint density at radius 1 is 1.42 bits per heavy atom. The Hall–Kier alpha value is -0.560. The Bertz CT molecular complexity index is 436. The number of rotatable bonds is 4. The maximum absolute atomic E-state index is 9.13. The van der Waals surface area contributed by atoms with Gasteiger partial charge in [0.25, 0.3) is 0 Å². The zero-order valence-corrected chi connectivity index (χ0v) is 13.0. The predicted octanol–water partition coefficient (Wildman–Crippen LogP) is 2.65. The number of morpholine rings is 1. The standard InChI is InChI=1S/C13H17BrN2O2S/c14-12-3-1-2-11(10-12)13(15-17)19-9-6-16-4-7-18-8-5-16/h1-3,10,17H,4-9H2/b15-13+. The minimum absolute atomic E-state index is 0.662. The van der Waals surface area contributed by atoms with E-state index in [0.717, 1.165) is 48.6 Å². The van der Waals surface area contributed by atoms with Gasteiger partial charge in [-0.05, 0) is 12.1 Å². The van der Waals surface area contributed by atoms with Crippen LogP contribution in [0.1, 0.15) is 5.56 Å². The summed E-state index contributed by atoms with van der Waals surface area (Å²) in [4.78, 5) is 2.37. The number of hydrogen-bond donors (Lipinski definition) is 1. The van der Waals surface area contributed by atoms with E-state index in [9.17, 15) is 0 Å². The second-order valence-electron chi connectivity index (χ2n) is 4.22. The van der Waals surface area contributed by atoms with Crippen LogP contribution in [0.4, 0.5) is 0 Å². The molecule has 104 valence electrons. The molecular weight excluding hydrogens is 328 g/mol. The molecule has 0 radical (unpaired) electrons. The molecule has 0 saturated carbocycles. The summed E-state index contributed by atoms with van der Waals surface area (Å²) in [5, 5.41) is 13.2. The van der Waals surface area contributed by atoms with E-state index in [2.05, 4.69) is 26.0 Å². The lowest BCUT2D eigenvalue weighted by Crippen LogP contribution is -2.37. The van der Waals surface area contributed by atoms with Crippen LogP contribution in [0.25, 0.3) is 0 Å². The third-order valence-corrected chi connectivity index (χ3v) is 4.38. The molecule has 0 spiro atoms. The van der Waals surface area contributed by atoms with E-state index in [4.69, 9.17) is 9.94 Å². The van der Waals surface area contributed by atoms with Crippen molar-refractivity contribution in [2.24, 2.45) is 5.16 Å². The normalized spacial score (nSPS) is 17.6. The van der Waals surface area contributed by atoms with E-state index < -0.39 is 0 Å². The van der Waals surface area contributed by atoms with Crippen LogP contribution in [0.5, 0.6) is 0 Å². The molecule has 19 heavy (non-hydrogen) atoms. The maximum atomic E-state index is 9.13. The van der Waals surface area contributed by atoms with Crippen molar-refractivity contribution >= 4 is 32.7 Å². The quantitative estimate of drug-likeness (QED) is 0.394. The number of halogens is 1. The first-order valence-electron chi connectivity index (χ1n) is 6.20. The van der Waals surface area contributed by atoms with Gasteiger partial charge in [0.1, 0.15) is 5.04 Å². The minimum atomic E-state index is 0.662. The van der Waals surface area contributed by atoms with Gasteiger partial charge >= 0.3 is 0 Å². The lowest BCUT2D eigenvalue weighted by molar-refractivity contribution is 0.0410. The second-order valence-corrected chi connectivity index (χ2v) is 6.22. The summed E-state index contributed by atoms with van der Waals surface area (Å²) in [7, 11) is 0. The van der Waals surface area contributed by atoms with Crippen LogP contribution in [0.15, 0.2) is 33.9 Å². The summed E-state index contributed by atoms with van der Waals surface area (Å²) in [5.74, 6) is 0.909. The molecule has 1 fully saturated rings. The summed E-state index contributed by atoms with van der Waals surface area (Å²) < 4.78 is 6.30. The first-order valence-corrected chi connectivity index (χ1v) is 7.98. The summed E-state index contributed by atoms with van der Waals surface area (Å²) in [6, 6.07) is 7.79. The van der Waals surface area contributed by atoms with Gasteiger partial charge < -0.3 is 9.94 Å². The smallest absolute Gasteiger partial charge is 0.143 e. The van der Waals surface area contributed by atoms with E-state index in [1.54, 1.807) is 11.8 Å². The number of benzene rings is 1. The molecule has 4 nitrogen and oxygen atoms in total. The Kier molecular flexibility index (Phi) is 6.16. The van der Waals surface area contributed by atoms with Gasteiger partial charge in [-0.1, -0.05) is 33.2 Å². The Balaban J connectivity index is 1.83. The van der Waals surface area contributed by atoms with E-state index in [-0.39, 0.29) is 0 Å². The number of thioether (sulfide) groups is 1. The molecule has 1 heterocycles. The van der Waals surface area contributed by atoms with Crippen LogP contribution in [-0.2, 0) is 4.74 Å². The molecule has 0 unspecified atom stereocenters. The third kappa shape index (κ3) is 4.80. The summed E-state index contributed by atoms with van der Waals surface area (Å²) >= 11 is 5.00. The molecular formula is C13H17BrN2O2S. The van der Waals surface area contributed by atoms with Crippen molar-refractivity contribution in [1.29, 1.82) is 0 Å². The highest BCUT2D eigenvalue weighted by molar-refractivity contribution is 9.10. The number of nitrogens with zero attached hydrogens (tertiary/aromatic N) is 2. The van der Waals surface area contributed by atoms with E-state index in [1.165, 1.54) is 0 Å². The molecule has 1 saturated heterocycles. The van der Waals surface area contributed by atoms with E-state index >= 15 is 0 Å². The fourth-order valence-electron chi connectivity index (χ4n) is 1.89. The van der Waals surface area contributed by atoms with Gasteiger partial charge in [-0.25, -0.2) is 0 Å². The molecule has 0 atom stereocenters. The topological polar surface area (TPSA) is 45.1 Å². The predicted molar refractivity (Wildman–Crippen MR) is 82.2 cm³/mol. The molecule has 2 rings (SSSR count). The summed E-state index contributed by atoms with van der Waals surface area (Å²) in [6.45, 7) is 4.60. The Morgan fingerprint density at radius 3 is 2.89 bits per heavy atom. The van der Waals surface area contributed by atoms with Crippen molar-refractivity contribution in [3.8, 4) is 0 Å². The van der Waals surface area contributed by atoms with Crippen molar-refractivity contribution in [3.63, 3.8) is 0 Å². The van der Waals surface area contributed by atoms with Crippen molar-refractivity contribution in [1.82, 2.24) is 4.90 Å². The van der Waals surface area contributed by atoms with Crippen LogP contribution in [-0.4, -0.2) is 53.8 Å². The average molecular weight is 345 g/mol. The van der Waals surface area contributed by atoms with Crippen LogP contribution < -0.4 is 0 Å². The monoisotopic (exact) mass is 344 g/mol. The van der Waals surface area contributed by atoms with Gasteiger partial charge in [0.05, 0.1) is 13.2 Å². The third-order valence-electron chi connectivity index (χ3n) is 2.91. The van der Waals surface area contributed by atoms with Crippen molar-refractivity contribution in [3.05, 3.63) is 34.3 Å². The molecule has 0 amide bonds. The molecule has 0 bridgehead atoms. The van der Waals surface area contributed by atoms with Gasteiger partial charge in [0.2, 0.25) is 0 Å². The molecule has 6 heteroatoms.